The van der Waals surface area contributed by atoms with Crippen LogP contribution in [0.15, 0.2) is 0 Å². The van der Waals surface area contributed by atoms with E-state index in [1.54, 1.807) is 0 Å². The van der Waals surface area contributed by atoms with Crippen molar-refractivity contribution in [3.63, 3.8) is 0 Å². The van der Waals surface area contributed by atoms with E-state index in [1.165, 1.54) is 0 Å². The average Bonchev–Trinajstić information content (AvgIpc) is 2.32. The van der Waals surface area contributed by atoms with Gasteiger partial charge in [0.15, 0.2) is 0 Å². The molecule has 0 spiro atoms. The Hall–Kier alpha value is 0.310. The van der Waals surface area contributed by atoms with Crippen LogP contribution >= 0.6 is 11.8 Å². The van der Waals surface area contributed by atoms with Gasteiger partial charge in [-0.3, -0.25) is 0 Å². The lowest BCUT2D eigenvalue weighted by atomic mass is 9.94. The van der Waals surface area contributed by atoms with Gasteiger partial charge in [-0.2, -0.15) is 0 Å². The summed E-state index contributed by atoms with van der Waals surface area (Å²) >= 11 is 2.08. The molecule has 1 aliphatic rings. The van der Waals surface area contributed by atoms with Crippen LogP contribution in [0.3, 0.4) is 0 Å². The first-order valence-electron chi connectivity index (χ1n) is 4.48. The fourth-order valence-corrected chi connectivity index (χ4v) is 3.17. The number of hydrogen-bond donors (Lipinski definition) is 1. The molecular weight excluding hydrogens is 154 g/mol. The monoisotopic (exact) mass is 173 g/mol. The molecule has 1 heterocycles. The Morgan fingerprint density at radius 1 is 1.18 bits per heavy atom. The van der Waals surface area contributed by atoms with Crippen molar-refractivity contribution in [3.05, 3.63) is 0 Å². The third kappa shape index (κ3) is 2.12. The largest absolute Gasteiger partial charge is 0.304 e. The summed E-state index contributed by atoms with van der Waals surface area (Å²) in [4.78, 5) is 0. The normalized spacial score (nSPS) is 32.2. The van der Waals surface area contributed by atoms with E-state index in [0.717, 1.165) is 29.0 Å². The van der Waals surface area contributed by atoms with Crippen molar-refractivity contribution in [2.24, 2.45) is 11.8 Å². The topological polar surface area (TPSA) is 12.0 Å². The van der Waals surface area contributed by atoms with Gasteiger partial charge in [0, 0.05) is 17.2 Å². The molecule has 0 aliphatic carbocycles. The Morgan fingerprint density at radius 3 is 2.18 bits per heavy atom. The van der Waals surface area contributed by atoms with E-state index in [1.807, 2.05) is 0 Å². The second kappa shape index (κ2) is 3.81. The maximum Gasteiger partial charge on any atom is 0.0423 e. The van der Waals surface area contributed by atoms with Crippen LogP contribution < -0.4 is 5.32 Å². The molecule has 0 saturated carbocycles. The molecule has 0 radical (unpaired) electrons. The summed E-state index contributed by atoms with van der Waals surface area (Å²) < 4.78 is 0. The third-order valence-electron chi connectivity index (χ3n) is 2.32. The van der Waals surface area contributed by atoms with Crippen LogP contribution in [0.25, 0.3) is 0 Å². The van der Waals surface area contributed by atoms with Crippen LogP contribution in [0.5, 0.6) is 0 Å². The summed E-state index contributed by atoms with van der Waals surface area (Å²) in [6.07, 6.45) is 0. The van der Waals surface area contributed by atoms with Crippen molar-refractivity contribution in [3.8, 4) is 0 Å². The molecule has 0 bridgehead atoms. The summed E-state index contributed by atoms with van der Waals surface area (Å²) in [7, 11) is 0. The van der Waals surface area contributed by atoms with E-state index in [-0.39, 0.29) is 0 Å². The molecule has 11 heavy (non-hydrogen) atoms. The van der Waals surface area contributed by atoms with Gasteiger partial charge in [-0.15, -0.1) is 11.8 Å². The van der Waals surface area contributed by atoms with E-state index >= 15 is 0 Å². The smallest absolute Gasteiger partial charge is 0.0423 e. The van der Waals surface area contributed by atoms with E-state index in [9.17, 15) is 0 Å². The maximum absolute atomic E-state index is 3.55. The van der Waals surface area contributed by atoms with Crippen molar-refractivity contribution >= 4 is 11.8 Å². The second-order valence-electron chi connectivity index (χ2n) is 3.99. The molecule has 2 unspecified atom stereocenters. The summed E-state index contributed by atoms with van der Waals surface area (Å²) in [5, 5.41) is 4.38. The first kappa shape index (κ1) is 9.40. The van der Waals surface area contributed by atoms with Gasteiger partial charge in [0.1, 0.15) is 0 Å². The van der Waals surface area contributed by atoms with E-state index in [2.05, 4.69) is 44.8 Å². The molecule has 1 aliphatic heterocycles. The molecule has 0 aromatic carbocycles. The highest BCUT2D eigenvalue weighted by atomic mass is 32.2. The first-order valence-corrected chi connectivity index (χ1v) is 5.52. The molecule has 0 aromatic rings. The quantitative estimate of drug-likeness (QED) is 0.688. The number of hydrogen-bond acceptors (Lipinski definition) is 2. The summed E-state index contributed by atoms with van der Waals surface area (Å²) in [5.74, 6) is 2.73. The highest BCUT2D eigenvalue weighted by molar-refractivity contribution is 8.00. The van der Waals surface area contributed by atoms with Crippen molar-refractivity contribution in [2.45, 2.75) is 39.0 Å². The number of thioether (sulfide) groups is 1. The highest BCUT2D eigenvalue weighted by Crippen LogP contribution is 2.30. The SMILES string of the molecule is CC(C)C1NCSC1C(C)C. The molecule has 1 N–H and O–H groups in total. The van der Waals surface area contributed by atoms with E-state index in [0.29, 0.717) is 0 Å². The van der Waals surface area contributed by atoms with Gasteiger partial charge in [-0.25, -0.2) is 0 Å². The van der Waals surface area contributed by atoms with Crippen LogP contribution in [-0.2, 0) is 0 Å². The predicted molar refractivity (Wildman–Crippen MR) is 52.8 cm³/mol. The Kier molecular flexibility index (Phi) is 3.26. The van der Waals surface area contributed by atoms with Crippen molar-refractivity contribution in [1.82, 2.24) is 5.32 Å². The van der Waals surface area contributed by atoms with Crippen LogP contribution in [0.4, 0.5) is 0 Å². The van der Waals surface area contributed by atoms with Crippen LogP contribution in [-0.4, -0.2) is 17.2 Å². The van der Waals surface area contributed by atoms with E-state index < -0.39 is 0 Å². The van der Waals surface area contributed by atoms with Crippen LogP contribution in [0.1, 0.15) is 27.7 Å². The van der Waals surface area contributed by atoms with Crippen LogP contribution in [0, 0.1) is 11.8 Å². The predicted octanol–water partition coefficient (Wildman–Crippen LogP) is 2.33. The Morgan fingerprint density at radius 2 is 1.82 bits per heavy atom. The lowest BCUT2D eigenvalue weighted by Crippen LogP contribution is -2.37. The molecule has 1 nitrogen and oxygen atoms in total. The molecule has 0 aromatic heterocycles. The molecule has 2 heteroatoms. The Balaban J connectivity index is 2.51. The minimum Gasteiger partial charge on any atom is -0.304 e. The lowest BCUT2D eigenvalue weighted by Gasteiger charge is -2.24. The minimum atomic E-state index is 0.736. The van der Waals surface area contributed by atoms with Crippen molar-refractivity contribution in [2.75, 3.05) is 5.88 Å². The number of nitrogens with one attached hydrogen (secondary N) is 1. The van der Waals surface area contributed by atoms with Crippen LogP contribution in [0.2, 0.25) is 0 Å². The van der Waals surface area contributed by atoms with Gasteiger partial charge >= 0.3 is 0 Å². The molecule has 2 atom stereocenters. The van der Waals surface area contributed by atoms with Gasteiger partial charge < -0.3 is 5.32 Å². The molecule has 0 amide bonds. The zero-order valence-electron chi connectivity index (χ0n) is 7.92. The van der Waals surface area contributed by atoms with Crippen molar-refractivity contribution in [1.29, 1.82) is 0 Å². The molecule has 1 rings (SSSR count). The summed E-state index contributed by atoms with van der Waals surface area (Å²) in [6, 6.07) is 0.736. The summed E-state index contributed by atoms with van der Waals surface area (Å²) in [6.45, 7) is 9.25. The number of rotatable bonds is 2. The zero-order valence-corrected chi connectivity index (χ0v) is 8.74. The lowest BCUT2D eigenvalue weighted by molar-refractivity contribution is 0.383. The van der Waals surface area contributed by atoms with Gasteiger partial charge in [0.2, 0.25) is 0 Å². The zero-order chi connectivity index (χ0) is 8.43. The fraction of sp³-hybridized carbons (Fsp3) is 1.00. The standard InChI is InChI=1S/C9H19NS/c1-6(2)8-9(7(3)4)11-5-10-8/h6-10H,5H2,1-4H3. The van der Waals surface area contributed by atoms with Gasteiger partial charge in [0.05, 0.1) is 0 Å². The average molecular weight is 173 g/mol. The Bertz CT molecular complexity index is 109. The molecular formula is C9H19NS. The fourth-order valence-electron chi connectivity index (χ4n) is 1.68. The third-order valence-corrected chi connectivity index (χ3v) is 3.88. The minimum absolute atomic E-state index is 0.736. The van der Waals surface area contributed by atoms with Gasteiger partial charge in [-0.05, 0) is 11.8 Å². The molecule has 66 valence electrons. The maximum atomic E-state index is 3.55. The first-order chi connectivity index (χ1) is 5.13. The van der Waals surface area contributed by atoms with E-state index in [4.69, 9.17) is 0 Å². The van der Waals surface area contributed by atoms with Gasteiger partial charge in [-0.1, -0.05) is 27.7 Å². The Labute approximate surface area is 74.3 Å². The van der Waals surface area contributed by atoms with Crippen molar-refractivity contribution < 1.29 is 0 Å². The molecule has 1 fully saturated rings. The summed E-state index contributed by atoms with van der Waals surface area (Å²) in [5.41, 5.74) is 0. The second-order valence-corrected chi connectivity index (χ2v) is 5.16. The highest BCUT2D eigenvalue weighted by Gasteiger charge is 2.31. The molecule has 1 saturated heterocycles. The van der Waals surface area contributed by atoms with Gasteiger partial charge in [0.25, 0.3) is 0 Å².